The molecule has 0 aromatic heterocycles. The molecule has 0 unspecified atom stereocenters. The first-order chi connectivity index (χ1) is 12.0. The normalized spacial score (nSPS) is 10.0. The number of hydrazine groups is 1. The summed E-state index contributed by atoms with van der Waals surface area (Å²) in [5.74, 6) is 1.08. The van der Waals surface area contributed by atoms with Crippen LogP contribution in [0.3, 0.4) is 0 Å². The van der Waals surface area contributed by atoms with Crippen molar-refractivity contribution in [3.8, 4) is 11.5 Å². The van der Waals surface area contributed by atoms with Crippen LogP contribution in [-0.4, -0.2) is 19.6 Å². The van der Waals surface area contributed by atoms with Crippen LogP contribution >= 0.6 is 15.9 Å². The van der Waals surface area contributed by atoms with Crippen molar-refractivity contribution in [3.63, 3.8) is 0 Å². The molecule has 0 aliphatic heterocycles. The summed E-state index contributed by atoms with van der Waals surface area (Å²) in [6, 6.07) is 13.2. The van der Waals surface area contributed by atoms with Gasteiger partial charge in [0.2, 0.25) is 0 Å². The second-order valence-corrected chi connectivity index (χ2v) is 6.14. The van der Waals surface area contributed by atoms with Gasteiger partial charge in [0.25, 0.3) is 5.91 Å². The molecule has 0 aliphatic carbocycles. The lowest BCUT2D eigenvalue weighted by Gasteiger charge is -2.13. The maximum Gasteiger partial charge on any atom is 0.276 e. The molecular formula is C19H21BrN2O3. The van der Waals surface area contributed by atoms with E-state index in [1.807, 2.05) is 42.5 Å². The summed E-state index contributed by atoms with van der Waals surface area (Å²) >= 11 is 3.45. The zero-order valence-corrected chi connectivity index (χ0v) is 15.9. The molecule has 5 nitrogen and oxygen atoms in total. The van der Waals surface area contributed by atoms with Crippen molar-refractivity contribution in [3.05, 3.63) is 64.6 Å². The van der Waals surface area contributed by atoms with E-state index in [-0.39, 0.29) is 12.5 Å². The van der Waals surface area contributed by atoms with E-state index in [0.29, 0.717) is 11.4 Å². The third-order valence-electron chi connectivity index (χ3n) is 3.55. The molecule has 25 heavy (non-hydrogen) atoms. The number of carbonyl (C=O) groups is 1. The van der Waals surface area contributed by atoms with Crippen molar-refractivity contribution in [2.45, 2.75) is 13.3 Å². The van der Waals surface area contributed by atoms with E-state index in [1.165, 1.54) is 5.56 Å². The SMILES string of the molecule is C=C(NNC(=O)COc1ccc(CC)cc1Br)c1ccc(OC)cc1. The van der Waals surface area contributed by atoms with Crippen LogP contribution < -0.4 is 20.3 Å². The van der Waals surface area contributed by atoms with Gasteiger partial charge in [-0.25, -0.2) is 0 Å². The molecule has 2 aromatic rings. The number of ether oxygens (including phenoxy) is 2. The minimum atomic E-state index is -0.305. The fourth-order valence-electron chi connectivity index (χ4n) is 2.07. The lowest BCUT2D eigenvalue weighted by Crippen LogP contribution is -2.39. The van der Waals surface area contributed by atoms with Crippen molar-refractivity contribution in [1.82, 2.24) is 10.9 Å². The molecule has 0 saturated carbocycles. The number of hydrogen-bond acceptors (Lipinski definition) is 4. The minimum Gasteiger partial charge on any atom is -0.497 e. The quantitative estimate of drug-likeness (QED) is 0.658. The molecule has 0 fully saturated rings. The first kappa shape index (κ1) is 18.9. The van der Waals surface area contributed by atoms with Crippen molar-refractivity contribution in [2.24, 2.45) is 0 Å². The Morgan fingerprint density at radius 3 is 2.48 bits per heavy atom. The van der Waals surface area contributed by atoms with Crippen LogP contribution in [0.1, 0.15) is 18.1 Å². The van der Waals surface area contributed by atoms with Gasteiger partial charge in [0.15, 0.2) is 6.61 Å². The van der Waals surface area contributed by atoms with Crippen molar-refractivity contribution in [1.29, 1.82) is 0 Å². The number of aryl methyl sites for hydroxylation is 1. The molecule has 0 heterocycles. The van der Waals surface area contributed by atoms with Crippen LogP contribution in [-0.2, 0) is 11.2 Å². The molecule has 1 amide bonds. The molecule has 2 aromatic carbocycles. The average Bonchev–Trinajstić information content (AvgIpc) is 2.65. The maximum absolute atomic E-state index is 11.9. The number of nitrogens with one attached hydrogen (secondary N) is 2. The number of methoxy groups -OCH3 is 1. The maximum atomic E-state index is 11.9. The first-order valence-corrected chi connectivity index (χ1v) is 8.62. The van der Waals surface area contributed by atoms with Gasteiger partial charge >= 0.3 is 0 Å². The Kier molecular flexibility index (Phi) is 6.89. The predicted molar refractivity (Wildman–Crippen MR) is 102 cm³/mol. The van der Waals surface area contributed by atoms with Gasteiger partial charge in [-0.15, -0.1) is 0 Å². The van der Waals surface area contributed by atoms with E-state index in [0.717, 1.165) is 22.2 Å². The van der Waals surface area contributed by atoms with Gasteiger partial charge in [0.1, 0.15) is 11.5 Å². The average molecular weight is 405 g/mol. The summed E-state index contributed by atoms with van der Waals surface area (Å²) in [6.45, 7) is 5.87. The Bertz CT molecular complexity index is 745. The zero-order chi connectivity index (χ0) is 18.2. The highest BCUT2D eigenvalue weighted by Crippen LogP contribution is 2.26. The third-order valence-corrected chi connectivity index (χ3v) is 4.17. The number of rotatable bonds is 8. The van der Waals surface area contributed by atoms with Crippen molar-refractivity contribution >= 4 is 27.5 Å². The molecular weight excluding hydrogens is 384 g/mol. The molecule has 0 aliphatic rings. The lowest BCUT2D eigenvalue weighted by atomic mass is 10.2. The summed E-state index contributed by atoms with van der Waals surface area (Å²) in [7, 11) is 1.61. The molecule has 0 bridgehead atoms. The number of halogens is 1. The van der Waals surface area contributed by atoms with Crippen molar-refractivity contribution in [2.75, 3.05) is 13.7 Å². The van der Waals surface area contributed by atoms with E-state index >= 15 is 0 Å². The van der Waals surface area contributed by atoms with Crippen LogP contribution in [0, 0.1) is 0 Å². The van der Waals surface area contributed by atoms with Gasteiger partial charge in [0.05, 0.1) is 17.3 Å². The van der Waals surface area contributed by atoms with Gasteiger partial charge in [-0.05, 0) is 69.9 Å². The summed E-state index contributed by atoms with van der Waals surface area (Å²) in [5, 5.41) is 0. The Morgan fingerprint density at radius 1 is 1.16 bits per heavy atom. The molecule has 2 N–H and O–H groups in total. The molecule has 0 radical (unpaired) electrons. The first-order valence-electron chi connectivity index (χ1n) is 7.83. The smallest absolute Gasteiger partial charge is 0.276 e. The van der Waals surface area contributed by atoms with Crippen LogP contribution in [0.2, 0.25) is 0 Å². The molecule has 6 heteroatoms. The Morgan fingerprint density at radius 2 is 1.88 bits per heavy atom. The number of amides is 1. The largest absolute Gasteiger partial charge is 0.497 e. The summed E-state index contributed by atoms with van der Waals surface area (Å²) in [5.41, 5.74) is 7.96. The molecule has 2 rings (SSSR count). The van der Waals surface area contributed by atoms with Gasteiger partial charge in [-0.2, -0.15) is 0 Å². The van der Waals surface area contributed by atoms with E-state index in [1.54, 1.807) is 7.11 Å². The highest BCUT2D eigenvalue weighted by atomic mass is 79.9. The van der Waals surface area contributed by atoms with E-state index in [9.17, 15) is 4.79 Å². The standard InChI is InChI=1S/C19H21BrN2O3/c1-4-14-5-10-18(17(20)11-14)25-12-19(23)22-21-13(2)15-6-8-16(24-3)9-7-15/h5-11,21H,2,4,12H2,1,3H3,(H,22,23). The fraction of sp³-hybridized carbons (Fsp3) is 0.211. The van der Waals surface area contributed by atoms with E-state index in [2.05, 4.69) is 40.3 Å². The lowest BCUT2D eigenvalue weighted by molar-refractivity contribution is -0.123. The van der Waals surface area contributed by atoms with Gasteiger partial charge in [-0.3, -0.25) is 15.6 Å². The summed E-state index contributed by atoms with van der Waals surface area (Å²) in [4.78, 5) is 11.9. The van der Waals surface area contributed by atoms with Crippen molar-refractivity contribution < 1.29 is 14.3 Å². The molecule has 0 saturated heterocycles. The topological polar surface area (TPSA) is 59.6 Å². The Balaban J connectivity index is 1.81. The zero-order valence-electron chi connectivity index (χ0n) is 14.3. The van der Waals surface area contributed by atoms with E-state index < -0.39 is 0 Å². The van der Waals surface area contributed by atoms with E-state index in [4.69, 9.17) is 9.47 Å². The summed E-state index contributed by atoms with van der Waals surface area (Å²) < 4.78 is 11.5. The second-order valence-electron chi connectivity index (χ2n) is 5.29. The van der Waals surface area contributed by atoms with Gasteiger partial charge in [-0.1, -0.05) is 19.6 Å². The number of carbonyl (C=O) groups excluding carboxylic acids is 1. The van der Waals surface area contributed by atoms with Gasteiger partial charge in [0, 0.05) is 0 Å². The fourth-order valence-corrected chi connectivity index (χ4v) is 2.61. The predicted octanol–water partition coefficient (Wildman–Crippen LogP) is 3.69. The third kappa shape index (κ3) is 5.53. The number of benzene rings is 2. The van der Waals surface area contributed by atoms with Crippen LogP contribution in [0.5, 0.6) is 11.5 Å². The molecule has 0 atom stereocenters. The highest BCUT2D eigenvalue weighted by molar-refractivity contribution is 9.10. The Labute approximate surface area is 156 Å². The Hall–Kier alpha value is -2.47. The minimum absolute atomic E-state index is 0.104. The van der Waals surface area contributed by atoms with Crippen LogP contribution in [0.25, 0.3) is 5.70 Å². The van der Waals surface area contributed by atoms with Crippen LogP contribution in [0.4, 0.5) is 0 Å². The highest BCUT2D eigenvalue weighted by Gasteiger charge is 2.07. The second kappa shape index (κ2) is 9.13. The molecule has 132 valence electrons. The summed E-state index contributed by atoms with van der Waals surface area (Å²) in [6.07, 6.45) is 0.941. The number of hydrogen-bond donors (Lipinski definition) is 2. The molecule has 0 spiro atoms. The van der Waals surface area contributed by atoms with Gasteiger partial charge < -0.3 is 9.47 Å². The monoisotopic (exact) mass is 404 g/mol. The van der Waals surface area contributed by atoms with Crippen LogP contribution in [0.15, 0.2) is 53.5 Å².